The standard InChI is InChI=1S/C25H27N5O4/c1-32-20-13-23(26)28-14-19(20)29-10-11-30(25(16-29)8-9-25)24(31)18-12-21(33-2)22(15-27-18)34-17-6-4-3-5-7-17/h3-7,12-15H,8-11,16H2,1-2H3,(H2,26,28). The highest BCUT2D eigenvalue weighted by Crippen LogP contribution is 2.47. The number of methoxy groups -OCH3 is 2. The van der Waals surface area contributed by atoms with E-state index in [0.717, 1.165) is 18.5 Å². The number of nitrogens with two attached hydrogens (primary N) is 1. The van der Waals surface area contributed by atoms with E-state index in [1.54, 1.807) is 38.7 Å². The molecule has 2 N–H and O–H groups in total. The van der Waals surface area contributed by atoms with Gasteiger partial charge in [-0.15, -0.1) is 0 Å². The zero-order chi connectivity index (χ0) is 23.7. The predicted molar refractivity (Wildman–Crippen MR) is 128 cm³/mol. The van der Waals surface area contributed by atoms with Crippen LogP contribution in [0.4, 0.5) is 11.5 Å². The summed E-state index contributed by atoms with van der Waals surface area (Å²) in [6, 6.07) is 12.8. The zero-order valence-corrected chi connectivity index (χ0v) is 19.2. The molecule has 176 valence electrons. The Morgan fingerprint density at radius 1 is 0.971 bits per heavy atom. The van der Waals surface area contributed by atoms with E-state index in [1.807, 2.05) is 35.2 Å². The number of aromatic nitrogens is 2. The van der Waals surface area contributed by atoms with Crippen LogP contribution >= 0.6 is 0 Å². The van der Waals surface area contributed by atoms with Crippen molar-refractivity contribution < 1.29 is 19.0 Å². The number of carbonyl (C=O) groups is 1. The first-order valence-electron chi connectivity index (χ1n) is 11.2. The van der Waals surface area contributed by atoms with Gasteiger partial charge in [0.25, 0.3) is 5.91 Å². The fourth-order valence-electron chi connectivity index (χ4n) is 4.45. The number of amides is 1. The first-order valence-corrected chi connectivity index (χ1v) is 11.2. The Balaban J connectivity index is 1.35. The van der Waals surface area contributed by atoms with Crippen molar-refractivity contribution in [2.24, 2.45) is 0 Å². The summed E-state index contributed by atoms with van der Waals surface area (Å²) in [7, 11) is 3.17. The molecule has 0 unspecified atom stereocenters. The van der Waals surface area contributed by atoms with Crippen LogP contribution < -0.4 is 24.8 Å². The maximum Gasteiger partial charge on any atom is 0.273 e. The summed E-state index contributed by atoms with van der Waals surface area (Å²) < 4.78 is 16.9. The maximum absolute atomic E-state index is 13.5. The smallest absolute Gasteiger partial charge is 0.273 e. The summed E-state index contributed by atoms with van der Waals surface area (Å²) in [6.07, 6.45) is 5.15. The van der Waals surface area contributed by atoms with Crippen molar-refractivity contribution in [2.75, 3.05) is 44.5 Å². The summed E-state index contributed by atoms with van der Waals surface area (Å²) in [5.74, 6) is 2.58. The van der Waals surface area contributed by atoms with Gasteiger partial charge < -0.3 is 29.7 Å². The Morgan fingerprint density at radius 3 is 2.44 bits per heavy atom. The molecule has 2 fully saturated rings. The van der Waals surface area contributed by atoms with Crippen LogP contribution in [0.15, 0.2) is 54.9 Å². The molecule has 34 heavy (non-hydrogen) atoms. The number of hydrogen-bond donors (Lipinski definition) is 1. The monoisotopic (exact) mass is 461 g/mol. The summed E-state index contributed by atoms with van der Waals surface area (Å²) in [5.41, 5.74) is 6.81. The fourth-order valence-corrected chi connectivity index (χ4v) is 4.45. The van der Waals surface area contributed by atoms with Crippen LogP contribution in [0.1, 0.15) is 23.3 Å². The van der Waals surface area contributed by atoms with Crippen LogP contribution in [-0.4, -0.2) is 60.2 Å². The number of carbonyl (C=O) groups excluding carboxylic acids is 1. The summed E-state index contributed by atoms with van der Waals surface area (Å²) in [4.78, 5) is 26.3. The van der Waals surface area contributed by atoms with Crippen molar-refractivity contribution in [3.8, 4) is 23.0 Å². The topological polar surface area (TPSA) is 103 Å². The number of hydrogen-bond acceptors (Lipinski definition) is 8. The van der Waals surface area contributed by atoms with E-state index in [2.05, 4.69) is 14.9 Å². The minimum Gasteiger partial charge on any atom is -0.494 e. The third-order valence-corrected chi connectivity index (χ3v) is 6.39. The molecule has 3 aromatic rings. The molecule has 9 nitrogen and oxygen atoms in total. The van der Waals surface area contributed by atoms with E-state index >= 15 is 0 Å². The van der Waals surface area contributed by atoms with Gasteiger partial charge in [0.05, 0.1) is 37.8 Å². The molecule has 1 saturated heterocycles. The molecule has 1 aliphatic heterocycles. The third-order valence-electron chi connectivity index (χ3n) is 6.39. The van der Waals surface area contributed by atoms with Crippen molar-refractivity contribution >= 4 is 17.4 Å². The van der Waals surface area contributed by atoms with Crippen molar-refractivity contribution in [2.45, 2.75) is 18.4 Å². The Hall–Kier alpha value is -4.01. The van der Waals surface area contributed by atoms with E-state index in [4.69, 9.17) is 19.9 Å². The largest absolute Gasteiger partial charge is 0.494 e. The van der Waals surface area contributed by atoms with Gasteiger partial charge >= 0.3 is 0 Å². The van der Waals surface area contributed by atoms with E-state index in [1.165, 1.54) is 0 Å². The molecular weight excluding hydrogens is 434 g/mol. The van der Waals surface area contributed by atoms with Crippen molar-refractivity contribution in [1.82, 2.24) is 14.9 Å². The quantitative estimate of drug-likeness (QED) is 0.596. The molecule has 0 bridgehead atoms. The fraction of sp³-hybridized carbons (Fsp3) is 0.320. The molecule has 1 aliphatic carbocycles. The Morgan fingerprint density at radius 2 is 1.74 bits per heavy atom. The second-order valence-electron chi connectivity index (χ2n) is 8.52. The van der Waals surface area contributed by atoms with Crippen LogP contribution in [0.3, 0.4) is 0 Å². The molecule has 1 amide bonds. The number of ether oxygens (including phenoxy) is 3. The maximum atomic E-state index is 13.5. The van der Waals surface area contributed by atoms with Gasteiger partial charge in [0.2, 0.25) is 0 Å². The van der Waals surface area contributed by atoms with Gasteiger partial charge in [-0.05, 0) is 25.0 Å². The number of anilines is 2. The van der Waals surface area contributed by atoms with Gasteiger partial charge in [-0.2, -0.15) is 0 Å². The van der Waals surface area contributed by atoms with Gasteiger partial charge in [0.1, 0.15) is 23.0 Å². The number of piperazine rings is 1. The molecular formula is C25H27N5O4. The van der Waals surface area contributed by atoms with Gasteiger partial charge in [0, 0.05) is 31.8 Å². The third kappa shape index (κ3) is 4.05. The molecule has 2 aromatic heterocycles. The van der Waals surface area contributed by atoms with Crippen LogP contribution in [-0.2, 0) is 0 Å². The van der Waals surface area contributed by atoms with Gasteiger partial charge in [-0.1, -0.05) is 18.2 Å². The highest BCUT2D eigenvalue weighted by Gasteiger charge is 2.53. The molecule has 0 atom stereocenters. The normalized spacial score (nSPS) is 16.3. The Bertz CT molecular complexity index is 1200. The number of pyridine rings is 2. The molecule has 9 heteroatoms. The number of para-hydroxylation sites is 1. The van der Waals surface area contributed by atoms with Crippen LogP contribution in [0.2, 0.25) is 0 Å². The summed E-state index contributed by atoms with van der Waals surface area (Å²) in [5, 5.41) is 0. The molecule has 5 rings (SSSR count). The lowest BCUT2D eigenvalue weighted by Crippen LogP contribution is -2.57. The number of benzene rings is 1. The molecule has 0 radical (unpaired) electrons. The average molecular weight is 462 g/mol. The van der Waals surface area contributed by atoms with E-state index in [0.29, 0.717) is 54.1 Å². The SMILES string of the molecule is COc1cc(C(=O)N2CCN(c3cnc(N)cc3OC)CC23CC3)ncc1Oc1ccccc1. The molecule has 1 aromatic carbocycles. The highest BCUT2D eigenvalue weighted by molar-refractivity contribution is 5.94. The van der Waals surface area contributed by atoms with Crippen LogP contribution in [0.25, 0.3) is 0 Å². The van der Waals surface area contributed by atoms with Crippen LogP contribution in [0, 0.1) is 0 Å². The lowest BCUT2D eigenvalue weighted by Gasteiger charge is -2.43. The zero-order valence-electron chi connectivity index (χ0n) is 19.2. The molecule has 1 spiro atoms. The second-order valence-corrected chi connectivity index (χ2v) is 8.52. The first kappa shape index (κ1) is 21.8. The molecule has 3 heterocycles. The molecule has 1 saturated carbocycles. The van der Waals surface area contributed by atoms with Crippen molar-refractivity contribution in [1.29, 1.82) is 0 Å². The van der Waals surface area contributed by atoms with Crippen LogP contribution in [0.5, 0.6) is 23.0 Å². The number of nitrogens with zero attached hydrogens (tertiary/aromatic N) is 4. The van der Waals surface area contributed by atoms with E-state index < -0.39 is 0 Å². The average Bonchev–Trinajstić information content (AvgIpc) is 3.63. The molecule has 2 aliphatic rings. The van der Waals surface area contributed by atoms with E-state index in [-0.39, 0.29) is 11.4 Å². The van der Waals surface area contributed by atoms with Crippen molar-refractivity contribution in [3.05, 3.63) is 60.6 Å². The summed E-state index contributed by atoms with van der Waals surface area (Å²) in [6.45, 7) is 1.92. The summed E-state index contributed by atoms with van der Waals surface area (Å²) >= 11 is 0. The number of rotatable bonds is 6. The lowest BCUT2D eigenvalue weighted by molar-refractivity contribution is 0.0617. The Kier molecular flexibility index (Phi) is 5.61. The highest BCUT2D eigenvalue weighted by atomic mass is 16.5. The van der Waals surface area contributed by atoms with Gasteiger partial charge in [-0.3, -0.25) is 4.79 Å². The predicted octanol–water partition coefficient (Wildman–Crippen LogP) is 3.36. The van der Waals surface area contributed by atoms with Gasteiger partial charge in [0.15, 0.2) is 11.5 Å². The minimum atomic E-state index is -0.226. The van der Waals surface area contributed by atoms with E-state index in [9.17, 15) is 4.79 Å². The minimum absolute atomic E-state index is 0.107. The lowest BCUT2D eigenvalue weighted by atomic mass is 10.1. The second kappa shape index (κ2) is 8.74. The van der Waals surface area contributed by atoms with Crippen molar-refractivity contribution in [3.63, 3.8) is 0 Å². The van der Waals surface area contributed by atoms with Gasteiger partial charge in [-0.25, -0.2) is 9.97 Å². The Labute approximate surface area is 198 Å². The number of nitrogen functional groups attached to an aromatic ring is 1. The first-order chi connectivity index (χ1) is 16.5.